The average molecular weight is 393 g/mol. The first-order chi connectivity index (χ1) is 14.2. The Labute approximate surface area is 173 Å². The summed E-state index contributed by atoms with van der Waals surface area (Å²) in [6, 6.07) is 9.06. The average Bonchev–Trinajstić information content (AvgIpc) is 3.11. The Balaban J connectivity index is 1.51. The molecule has 5 nitrogen and oxygen atoms in total. The van der Waals surface area contributed by atoms with E-state index in [9.17, 15) is 4.79 Å². The lowest BCUT2D eigenvalue weighted by Crippen LogP contribution is -2.38. The summed E-state index contributed by atoms with van der Waals surface area (Å²) in [4.78, 5) is 15.2. The Morgan fingerprint density at radius 3 is 2.72 bits per heavy atom. The van der Waals surface area contributed by atoms with Crippen LogP contribution < -0.4 is 5.32 Å². The molecule has 4 rings (SSSR count). The highest BCUT2D eigenvalue weighted by molar-refractivity contribution is 5.94. The van der Waals surface area contributed by atoms with Crippen molar-refractivity contribution in [2.75, 3.05) is 13.1 Å². The number of amides is 1. The predicted molar refractivity (Wildman–Crippen MR) is 116 cm³/mol. The van der Waals surface area contributed by atoms with E-state index >= 15 is 0 Å². The van der Waals surface area contributed by atoms with Crippen molar-refractivity contribution in [3.63, 3.8) is 0 Å². The Morgan fingerprint density at radius 1 is 1.24 bits per heavy atom. The molecule has 1 aromatic carbocycles. The molecule has 2 heterocycles. The van der Waals surface area contributed by atoms with Gasteiger partial charge in [0.1, 0.15) is 0 Å². The highest BCUT2D eigenvalue weighted by atomic mass is 16.2. The van der Waals surface area contributed by atoms with Gasteiger partial charge in [-0.25, -0.2) is 0 Å². The van der Waals surface area contributed by atoms with Gasteiger partial charge >= 0.3 is 0 Å². The molecule has 1 aliphatic heterocycles. The van der Waals surface area contributed by atoms with Crippen molar-refractivity contribution in [3.8, 4) is 0 Å². The molecule has 0 spiro atoms. The largest absolute Gasteiger partial charge is 0.337 e. The molecular weight excluding hydrogens is 360 g/mol. The number of benzene rings is 1. The molecule has 0 radical (unpaired) electrons. The highest BCUT2D eigenvalue weighted by Crippen LogP contribution is 2.27. The molecule has 0 bridgehead atoms. The van der Waals surface area contributed by atoms with Crippen LogP contribution in [-0.4, -0.2) is 39.7 Å². The maximum atomic E-state index is 13.2. The van der Waals surface area contributed by atoms with Crippen LogP contribution in [-0.2, 0) is 25.9 Å². The third kappa shape index (κ3) is 4.45. The predicted octanol–water partition coefficient (Wildman–Crippen LogP) is 3.65. The number of likely N-dealkylation sites (tertiary alicyclic amines) is 1. The van der Waals surface area contributed by atoms with Gasteiger partial charge in [-0.3, -0.25) is 9.48 Å². The number of rotatable bonds is 6. The quantitative estimate of drug-likeness (QED) is 0.764. The lowest BCUT2D eigenvalue weighted by Gasteiger charge is -2.28. The number of hydrogen-bond acceptors (Lipinski definition) is 3. The summed E-state index contributed by atoms with van der Waals surface area (Å²) < 4.78 is 2.00. The maximum Gasteiger partial charge on any atom is 0.274 e. The van der Waals surface area contributed by atoms with Gasteiger partial charge in [-0.15, -0.1) is 6.58 Å². The molecule has 1 amide bonds. The SMILES string of the molecule is C=CCn1nc(C(=O)N2CCCCC2)c2c1CCC(NCc1ccc(C)cc1)C2. The standard InChI is InChI=1S/C24H32N4O/c1-3-13-28-22-12-11-20(25-17-19-9-7-18(2)8-10-19)16-21(22)23(26-28)24(29)27-14-5-4-6-15-27/h3,7-10,20,25H,1,4-6,11-17H2,2H3. The minimum Gasteiger partial charge on any atom is -0.337 e. The normalized spacial score (nSPS) is 19.1. The summed E-state index contributed by atoms with van der Waals surface area (Å²) in [7, 11) is 0. The van der Waals surface area contributed by atoms with Crippen molar-refractivity contribution in [3.05, 3.63) is 65.0 Å². The molecular formula is C24H32N4O. The van der Waals surface area contributed by atoms with Crippen molar-refractivity contribution in [2.24, 2.45) is 0 Å². The summed E-state index contributed by atoms with van der Waals surface area (Å²) in [6.45, 7) is 9.21. The summed E-state index contributed by atoms with van der Waals surface area (Å²) >= 11 is 0. The van der Waals surface area contributed by atoms with Crippen LogP contribution in [0.4, 0.5) is 0 Å². The first-order valence-electron chi connectivity index (χ1n) is 10.9. The van der Waals surface area contributed by atoms with Crippen LogP contribution in [0.15, 0.2) is 36.9 Å². The van der Waals surface area contributed by atoms with E-state index in [4.69, 9.17) is 5.10 Å². The smallest absolute Gasteiger partial charge is 0.274 e. The van der Waals surface area contributed by atoms with E-state index in [2.05, 4.69) is 43.1 Å². The molecule has 0 saturated carbocycles. The minimum absolute atomic E-state index is 0.114. The Bertz CT molecular complexity index is 862. The van der Waals surface area contributed by atoms with Crippen LogP contribution in [0.25, 0.3) is 0 Å². The number of hydrogen-bond donors (Lipinski definition) is 1. The van der Waals surface area contributed by atoms with Gasteiger partial charge in [-0.05, 0) is 51.0 Å². The molecule has 2 aromatic rings. The van der Waals surface area contributed by atoms with Crippen molar-refractivity contribution in [2.45, 2.75) is 64.6 Å². The number of piperidine rings is 1. The van der Waals surface area contributed by atoms with Gasteiger partial charge < -0.3 is 10.2 Å². The number of aromatic nitrogens is 2. The van der Waals surface area contributed by atoms with Gasteiger partial charge in [-0.1, -0.05) is 35.9 Å². The zero-order chi connectivity index (χ0) is 20.2. The molecule has 1 N–H and O–H groups in total. The Kier molecular flexibility index (Phi) is 6.14. The fraction of sp³-hybridized carbons (Fsp3) is 0.500. The van der Waals surface area contributed by atoms with E-state index in [1.165, 1.54) is 23.2 Å². The van der Waals surface area contributed by atoms with Gasteiger partial charge in [0.05, 0.1) is 6.54 Å². The molecule has 29 heavy (non-hydrogen) atoms. The molecule has 1 fully saturated rings. The Morgan fingerprint density at radius 2 is 2.00 bits per heavy atom. The first-order valence-corrected chi connectivity index (χ1v) is 10.9. The topological polar surface area (TPSA) is 50.2 Å². The van der Waals surface area contributed by atoms with Crippen LogP contribution >= 0.6 is 0 Å². The van der Waals surface area contributed by atoms with E-state index in [1.807, 2.05) is 15.7 Å². The van der Waals surface area contributed by atoms with Crippen molar-refractivity contribution in [1.29, 1.82) is 0 Å². The van der Waals surface area contributed by atoms with Crippen molar-refractivity contribution >= 4 is 5.91 Å². The lowest BCUT2D eigenvalue weighted by molar-refractivity contribution is 0.0716. The van der Waals surface area contributed by atoms with Crippen LogP contribution in [0.3, 0.4) is 0 Å². The zero-order valence-electron chi connectivity index (χ0n) is 17.5. The second-order valence-electron chi connectivity index (χ2n) is 8.40. The maximum absolute atomic E-state index is 13.2. The second kappa shape index (κ2) is 8.95. The van der Waals surface area contributed by atoms with Gasteiger partial charge in [0, 0.05) is 36.9 Å². The Hall–Kier alpha value is -2.40. The zero-order valence-corrected chi connectivity index (χ0v) is 17.5. The molecule has 1 unspecified atom stereocenters. The minimum atomic E-state index is 0.114. The number of nitrogens with one attached hydrogen (secondary N) is 1. The van der Waals surface area contributed by atoms with E-state index in [0.29, 0.717) is 18.3 Å². The molecule has 154 valence electrons. The molecule has 1 aromatic heterocycles. The summed E-state index contributed by atoms with van der Waals surface area (Å²) in [5.74, 6) is 0.114. The van der Waals surface area contributed by atoms with Crippen LogP contribution in [0.5, 0.6) is 0 Å². The van der Waals surface area contributed by atoms with Crippen LogP contribution in [0, 0.1) is 6.92 Å². The molecule has 1 aliphatic carbocycles. The molecule has 5 heteroatoms. The first kappa shape index (κ1) is 19.9. The van der Waals surface area contributed by atoms with Crippen molar-refractivity contribution < 1.29 is 4.79 Å². The van der Waals surface area contributed by atoms with Crippen LogP contribution in [0.1, 0.15) is 58.6 Å². The number of carbonyl (C=O) groups excluding carboxylic acids is 1. The monoisotopic (exact) mass is 392 g/mol. The van der Waals surface area contributed by atoms with E-state index < -0.39 is 0 Å². The summed E-state index contributed by atoms with van der Waals surface area (Å²) in [6.07, 6.45) is 8.17. The third-order valence-electron chi connectivity index (χ3n) is 6.21. The van der Waals surface area contributed by atoms with E-state index in [-0.39, 0.29) is 5.91 Å². The van der Waals surface area contributed by atoms with Gasteiger partial charge in [0.15, 0.2) is 5.69 Å². The number of fused-ring (bicyclic) bond motifs is 1. The molecule has 1 atom stereocenters. The third-order valence-corrected chi connectivity index (χ3v) is 6.21. The van der Waals surface area contributed by atoms with Crippen molar-refractivity contribution in [1.82, 2.24) is 20.0 Å². The fourth-order valence-electron chi connectivity index (χ4n) is 4.52. The van der Waals surface area contributed by atoms with E-state index in [0.717, 1.165) is 57.3 Å². The van der Waals surface area contributed by atoms with Gasteiger partial charge in [0.25, 0.3) is 5.91 Å². The van der Waals surface area contributed by atoms with Gasteiger partial charge in [-0.2, -0.15) is 5.10 Å². The second-order valence-corrected chi connectivity index (χ2v) is 8.40. The number of aryl methyl sites for hydroxylation is 1. The van der Waals surface area contributed by atoms with E-state index in [1.54, 1.807) is 0 Å². The highest BCUT2D eigenvalue weighted by Gasteiger charge is 2.31. The van der Waals surface area contributed by atoms with Crippen LogP contribution in [0.2, 0.25) is 0 Å². The number of nitrogens with zero attached hydrogens (tertiary/aromatic N) is 3. The number of allylic oxidation sites excluding steroid dienone is 1. The lowest BCUT2D eigenvalue weighted by atomic mass is 9.90. The number of carbonyl (C=O) groups is 1. The molecule has 1 saturated heterocycles. The summed E-state index contributed by atoms with van der Waals surface area (Å²) in [5, 5.41) is 8.45. The molecule has 2 aliphatic rings. The summed E-state index contributed by atoms with van der Waals surface area (Å²) in [5.41, 5.74) is 5.62. The fourth-order valence-corrected chi connectivity index (χ4v) is 4.52. The van der Waals surface area contributed by atoms with Gasteiger partial charge in [0.2, 0.25) is 0 Å².